The van der Waals surface area contributed by atoms with Crippen LogP contribution in [0.25, 0.3) is 0 Å². The zero-order valence-electron chi connectivity index (χ0n) is 8.66. The lowest BCUT2D eigenvalue weighted by Gasteiger charge is -2.06. The number of hydrogen-bond acceptors (Lipinski definition) is 2. The van der Waals surface area contributed by atoms with E-state index in [1.54, 1.807) is 0 Å². The highest BCUT2D eigenvalue weighted by molar-refractivity contribution is 6.33. The van der Waals surface area contributed by atoms with E-state index in [4.69, 9.17) is 11.6 Å². The summed E-state index contributed by atoms with van der Waals surface area (Å²) >= 11 is 6.03. The molecule has 3 nitrogen and oxygen atoms in total. The normalized spacial score (nSPS) is 10.3. The molecule has 1 aromatic heterocycles. The van der Waals surface area contributed by atoms with Gasteiger partial charge < -0.3 is 9.88 Å². The van der Waals surface area contributed by atoms with Gasteiger partial charge in [0.2, 0.25) is 5.95 Å². The monoisotopic (exact) mass is 221 g/mol. The van der Waals surface area contributed by atoms with Crippen LogP contribution in [0.1, 0.15) is 5.69 Å². The summed E-state index contributed by atoms with van der Waals surface area (Å²) in [6.07, 6.45) is 1.96. The molecule has 15 heavy (non-hydrogen) atoms. The minimum atomic E-state index is 0.693. The Morgan fingerprint density at radius 3 is 2.67 bits per heavy atom. The Morgan fingerprint density at radius 1 is 1.33 bits per heavy atom. The van der Waals surface area contributed by atoms with Gasteiger partial charge in [-0.2, -0.15) is 0 Å². The minimum absolute atomic E-state index is 0.693. The Labute approximate surface area is 93.7 Å². The first-order valence-electron chi connectivity index (χ1n) is 4.68. The molecule has 0 unspecified atom stereocenters. The van der Waals surface area contributed by atoms with E-state index in [1.807, 2.05) is 49.0 Å². The Balaban J connectivity index is 2.29. The van der Waals surface area contributed by atoms with E-state index in [2.05, 4.69) is 10.3 Å². The van der Waals surface area contributed by atoms with E-state index in [0.29, 0.717) is 5.02 Å². The van der Waals surface area contributed by atoms with Gasteiger partial charge in [-0.1, -0.05) is 23.7 Å². The maximum atomic E-state index is 6.03. The van der Waals surface area contributed by atoms with E-state index >= 15 is 0 Å². The fourth-order valence-corrected chi connectivity index (χ4v) is 1.60. The van der Waals surface area contributed by atoms with Gasteiger partial charge in [0.1, 0.15) is 0 Å². The van der Waals surface area contributed by atoms with E-state index < -0.39 is 0 Å². The van der Waals surface area contributed by atoms with Crippen molar-refractivity contribution in [3.63, 3.8) is 0 Å². The van der Waals surface area contributed by atoms with Crippen molar-refractivity contribution in [2.75, 3.05) is 5.32 Å². The molecule has 4 heteroatoms. The van der Waals surface area contributed by atoms with Gasteiger partial charge in [-0.05, 0) is 19.1 Å². The lowest BCUT2D eigenvalue weighted by molar-refractivity contribution is 0.924. The van der Waals surface area contributed by atoms with Crippen molar-refractivity contribution in [2.45, 2.75) is 6.92 Å². The summed E-state index contributed by atoms with van der Waals surface area (Å²) in [6.45, 7) is 1.96. The van der Waals surface area contributed by atoms with Crippen molar-refractivity contribution in [1.29, 1.82) is 0 Å². The molecule has 0 bridgehead atoms. The molecular weight excluding hydrogens is 210 g/mol. The number of aromatic nitrogens is 2. The molecule has 1 heterocycles. The number of benzene rings is 1. The first-order chi connectivity index (χ1) is 7.16. The molecule has 2 rings (SSSR count). The van der Waals surface area contributed by atoms with Crippen molar-refractivity contribution in [2.24, 2.45) is 7.05 Å². The van der Waals surface area contributed by atoms with Crippen LogP contribution in [-0.4, -0.2) is 9.55 Å². The van der Waals surface area contributed by atoms with E-state index in [1.165, 1.54) is 0 Å². The fraction of sp³-hybridized carbons (Fsp3) is 0.182. The predicted octanol–water partition coefficient (Wildman–Crippen LogP) is 3.13. The van der Waals surface area contributed by atoms with Gasteiger partial charge in [-0.15, -0.1) is 0 Å². The number of rotatable bonds is 2. The number of nitrogens with one attached hydrogen (secondary N) is 1. The number of halogens is 1. The average molecular weight is 222 g/mol. The van der Waals surface area contributed by atoms with E-state index in [0.717, 1.165) is 17.3 Å². The molecule has 0 fully saturated rings. The highest BCUT2D eigenvalue weighted by Crippen LogP contribution is 2.23. The quantitative estimate of drug-likeness (QED) is 0.845. The topological polar surface area (TPSA) is 29.9 Å². The van der Waals surface area contributed by atoms with Crippen LogP contribution in [-0.2, 0) is 7.05 Å². The summed E-state index contributed by atoms with van der Waals surface area (Å²) in [7, 11) is 1.94. The smallest absolute Gasteiger partial charge is 0.207 e. The van der Waals surface area contributed by atoms with Crippen LogP contribution in [0.2, 0.25) is 5.02 Å². The Kier molecular flexibility index (Phi) is 2.64. The second-order valence-electron chi connectivity index (χ2n) is 3.42. The van der Waals surface area contributed by atoms with Gasteiger partial charge >= 0.3 is 0 Å². The molecule has 0 saturated carbocycles. The zero-order chi connectivity index (χ0) is 10.8. The molecule has 1 aromatic carbocycles. The highest BCUT2D eigenvalue weighted by atomic mass is 35.5. The third-order valence-electron chi connectivity index (χ3n) is 2.12. The summed E-state index contributed by atoms with van der Waals surface area (Å²) in [6, 6.07) is 7.60. The third kappa shape index (κ3) is 2.13. The van der Waals surface area contributed by atoms with Gasteiger partial charge in [0, 0.05) is 13.2 Å². The predicted molar refractivity (Wildman–Crippen MR) is 62.7 cm³/mol. The standard InChI is InChI=1S/C11H12ClN3/c1-8-7-15(2)11(13-8)14-10-6-4-3-5-9(10)12/h3-7H,1-2H3,(H,13,14). The average Bonchev–Trinajstić information content (AvgIpc) is 2.49. The molecule has 0 aliphatic heterocycles. The van der Waals surface area contributed by atoms with Crippen molar-refractivity contribution < 1.29 is 0 Å². The number of aryl methyl sites for hydroxylation is 2. The molecule has 0 spiro atoms. The fourth-order valence-electron chi connectivity index (χ4n) is 1.42. The number of anilines is 2. The van der Waals surface area contributed by atoms with Gasteiger partial charge in [0.25, 0.3) is 0 Å². The van der Waals surface area contributed by atoms with E-state index in [-0.39, 0.29) is 0 Å². The summed E-state index contributed by atoms with van der Waals surface area (Å²) in [5, 5.41) is 3.87. The Hall–Kier alpha value is -1.48. The zero-order valence-corrected chi connectivity index (χ0v) is 9.42. The minimum Gasteiger partial charge on any atom is -0.324 e. The van der Waals surface area contributed by atoms with Crippen LogP contribution < -0.4 is 5.32 Å². The molecular formula is C11H12ClN3. The molecule has 2 aromatic rings. The SMILES string of the molecule is Cc1cn(C)c(Nc2ccccc2Cl)n1. The second-order valence-corrected chi connectivity index (χ2v) is 3.83. The van der Waals surface area contributed by atoms with Crippen LogP contribution >= 0.6 is 11.6 Å². The maximum absolute atomic E-state index is 6.03. The second kappa shape index (κ2) is 3.95. The molecule has 0 aliphatic carbocycles. The molecule has 0 atom stereocenters. The van der Waals surface area contributed by atoms with Crippen LogP contribution in [0.4, 0.5) is 11.6 Å². The van der Waals surface area contributed by atoms with Crippen LogP contribution in [0.15, 0.2) is 30.5 Å². The molecule has 0 aliphatic rings. The number of para-hydroxylation sites is 1. The van der Waals surface area contributed by atoms with Crippen molar-refractivity contribution >= 4 is 23.2 Å². The third-order valence-corrected chi connectivity index (χ3v) is 2.45. The Morgan fingerprint density at radius 2 is 2.07 bits per heavy atom. The summed E-state index contributed by atoms with van der Waals surface area (Å²) in [5.41, 5.74) is 1.85. The van der Waals surface area contributed by atoms with Crippen LogP contribution in [0.5, 0.6) is 0 Å². The number of nitrogens with zero attached hydrogens (tertiary/aromatic N) is 2. The lowest BCUT2D eigenvalue weighted by Crippen LogP contribution is -1.98. The van der Waals surface area contributed by atoms with Crippen LogP contribution in [0, 0.1) is 6.92 Å². The first kappa shape index (κ1) is 10.1. The van der Waals surface area contributed by atoms with Crippen LogP contribution in [0.3, 0.4) is 0 Å². The first-order valence-corrected chi connectivity index (χ1v) is 5.06. The number of hydrogen-bond donors (Lipinski definition) is 1. The molecule has 0 saturated heterocycles. The molecule has 78 valence electrons. The van der Waals surface area contributed by atoms with Crippen molar-refractivity contribution in [3.05, 3.63) is 41.2 Å². The summed E-state index contributed by atoms with van der Waals surface area (Å²) < 4.78 is 1.93. The summed E-state index contributed by atoms with van der Waals surface area (Å²) in [5.74, 6) is 0.792. The van der Waals surface area contributed by atoms with Crippen molar-refractivity contribution in [3.8, 4) is 0 Å². The van der Waals surface area contributed by atoms with Gasteiger partial charge in [-0.3, -0.25) is 0 Å². The highest BCUT2D eigenvalue weighted by Gasteiger charge is 2.04. The molecule has 0 amide bonds. The van der Waals surface area contributed by atoms with Gasteiger partial charge in [0.15, 0.2) is 0 Å². The summed E-state index contributed by atoms with van der Waals surface area (Å²) in [4.78, 5) is 4.34. The number of imidazole rings is 1. The molecule has 1 N–H and O–H groups in total. The molecule has 0 radical (unpaired) electrons. The van der Waals surface area contributed by atoms with Crippen molar-refractivity contribution in [1.82, 2.24) is 9.55 Å². The Bertz CT molecular complexity index is 476. The van der Waals surface area contributed by atoms with E-state index in [9.17, 15) is 0 Å². The largest absolute Gasteiger partial charge is 0.324 e. The van der Waals surface area contributed by atoms with Gasteiger partial charge in [0.05, 0.1) is 16.4 Å². The van der Waals surface area contributed by atoms with Gasteiger partial charge in [-0.25, -0.2) is 4.98 Å². The maximum Gasteiger partial charge on any atom is 0.207 e. The lowest BCUT2D eigenvalue weighted by atomic mass is 10.3.